The largest absolute Gasteiger partial charge is 0.454 e. The van der Waals surface area contributed by atoms with Gasteiger partial charge in [-0.25, -0.2) is 4.39 Å². The average Bonchev–Trinajstić information content (AvgIpc) is 2.42. The molecule has 2 aromatic carbocycles. The molecule has 0 aromatic heterocycles. The van der Waals surface area contributed by atoms with Crippen molar-refractivity contribution >= 4 is 0 Å². The Morgan fingerprint density at radius 1 is 1.05 bits per heavy atom. The van der Waals surface area contributed by atoms with Gasteiger partial charge in [-0.1, -0.05) is 51.1 Å². The second-order valence-corrected chi connectivity index (χ2v) is 6.11. The third-order valence-electron chi connectivity index (χ3n) is 3.32. The third kappa shape index (κ3) is 3.61. The summed E-state index contributed by atoms with van der Waals surface area (Å²) < 4.78 is 20.1. The Balaban J connectivity index is 2.44. The quantitative estimate of drug-likeness (QED) is 0.885. The Morgan fingerprint density at radius 3 is 2.43 bits per heavy atom. The van der Waals surface area contributed by atoms with Crippen molar-refractivity contribution in [3.8, 4) is 11.5 Å². The summed E-state index contributed by atoms with van der Waals surface area (Å²) in [6.45, 7) is 6.91. The molecule has 0 amide bonds. The lowest BCUT2D eigenvalue weighted by Crippen LogP contribution is -2.13. The minimum absolute atomic E-state index is 0.0645. The molecule has 0 saturated carbocycles. The summed E-state index contributed by atoms with van der Waals surface area (Å²) in [5.74, 6) is 0.655. The van der Waals surface area contributed by atoms with Gasteiger partial charge in [0.05, 0.1) is 0 Å². The normalized spacial score (nSPS) is 11.5. The molecular formula is C18H22FNO. The highest BCUT2D eigenvalue weighted by Crippen LogP contribution is 2.36. The van der Waals surface area contributed by atoms with E-state index in [-0.39, 0.29) is 11.2 Å². The van der Waals surface area contributed by atoms with Crippen LogP contribution >= 0.6 is 0 Å². The summed E-state index contributed by atoms with van der Waals surface area (Å²) in [6, 6.07) is 12.8. The lowest BCUT2D eigenvalue weighted by Gasteiger charge is -2.23. The van der Waals surface area contributed by atoms with Gasteiger partial charge in [-0.05, 0) is 24.6 Å². The first kappa shape index (κ1) is 15.5. The first-order chi connectivity index (χ1) is 9.93. The fourth-order valence-corrected chi connectivity index (χ4v) is 2.28. The molecule has 0 saturated heterocycles. The zero-order chi connectivity index (χ0) is 15.5. The molecule has 0 aliphatic carbocycles. The van der Waals surface area contributed by atoms with Crippen LogP contribution in [0, 0.1) is 5.82 Å². The summed E-state index contributed by atoms with van der Waals surface area (Å²) in [4.78, 5) is 0. The van der Waals surface area contributed by atoms with E-state index in [2.05, 4.69) is 26.1 Å². The van der Waals surface area contributed by atoms with Crippen LogP contribution < -0.4 is 10.1 Å². The number of para-hydroxylation sites is 2. The predicted octanol–water partition coefficient (Wildman–Crippen LogP) is 4.63. The monoisotopic (exact) mass is 287 g/mol. The van der Waals surface area contributed by atoms with Gasteiger partial charge in [-0.3, -0.25) is 0 Å². The van der Waals surface area contributed by atoms with Crippen molar-refractivity contribution < 1.29 is 9.13 Å². The van der Waals surface area contributed by atoms with Crippen LogP contribution in [0.4, 0.5) is 4.39 Å². The average molecular weight is 287 g/mol. The zero-order valence-corrected chi connectivity index (χ0v) is 13.0. The Morgan fingerprint density at radius 2 is 1.76 bits per heavy atom. The Labute approximate surface area is 126 Å². The van der Waals surface area contributed by atoms with Gasteiger partial charge in [-0.15, -0.1) is 0 Å². The summed E-state index contributed by atoms with van der Waals surface area (Å²) in [5, 5.41) is 3.04. The smallest absolute Gasteiger partial charge is 0.167 e. The molecule has 2 aromatic rings. The number of halogens is 1. The van der Waals surface area contributed by atoms with Gasteiger partial charge in [0, 0.05) is 17.7 Å². The number of benzene rings is 2. The minimum Gasteiger partial charge on any atom is -0.454 e. The SMILES string of the molecule is CNCc1cccc(F)c1Oc1ccccc1C(C)(C)C. The highest BCUT2D eigenvalue weighted by molar-refractivity contribution is 5.44. The lowest BCUT2D eigenvalue weighted by atomic mass is 9.86. The van der Waals surface area contributed by atoms with Gasteiger partial charge in [0.1, 0.15) is 5.75 Å². The Bertz CT molecular complexity index is 617. The molecule has 0 heterocycles. The van der Waals surface area contributed by atoms with Gasteiger partial charge < -0.3 is 10.1 Å². The second kappa shape index (κ2) is 6.27. The first-order valence-corrected chi connectivity index (χ1v) is 7.13. The topological polar surface area (TPSA) is 21.3 Å². The van der Waals surface area contributed by atoms with Crippen LogP contribution in [0.25, 0.3) is 0 Å². The molecule has 0 bridgehead atoms. The number of hydrogen-bond acceptors (Lipinski definition) is 2. The lowest BCUT2D eigenvalue weighted by molar-refractivity contribution is 0.418. The molecule has 0 aliphatic rings. The molecule has 3 heteroatoms. The van der Waals surface area contributed by atoms with Crippen molar-refractivity contribution in [1.82, 2.24) is 5.32 Å². The second-order valence-electron chi connectivity index (χ2n) is 6.11. The summed E-state index contributed by atoms with van der Waals surface area (Å²) in [6.07, 6.45) is 0. The molecule has 0 aliphatic heterocycles. The maximum Gasteiger partial charge on any atom is 0.167 e. The van der Waals surface area contributed by atoms with E-state index in [4.69, 9.17) is 4.74 Å². The van der Waals surface area contributed by atoms with E-state index in [0.717, 1.165) is 11.1 Å². The standard InChI is InChI=1S/C18H22FNO/c1-18(2,3)14-9-5-6-11-16(14)21-17-13(12-20-4)8-7-10-15(17)19/h5-11,20H,12H2,1-4H3. The maximum atomic E-state index is 14.1. The predicted molar refractivity (Wildman–Crippen MR) is 84.4 cm³/mol. The van der Waals surface area contributed by atoms with E-state index in [1.165, 1.54) is 6.07 Å². The summed E-state index contributed by atoms with van der Waals surface area (Å²) in [7, 11) is 1.83. The van der Waals surface area contributed by atoms with Crippen molar-refractivity contribution in [2.24, 2.45) is 0 Å². The Kier molecular flexibility index (Phi) is 4.63. The molecule has 2 nitrogen and oxygen atoms in total. The molecule has 2 rings (SSSR count). The van der Waals surface area contributed by atoms with E-state index in [1.807, 2.05) is 37.4 Å². The molecule has 21 heavy (non-hydrogen) atoms. The first-order valence-electron chi connectivity index (χ1n) is 7.13. The molecule has 1 N–H and O–H groups in total. The van der Waals surface area contributed by atoms with Crippen LogP contribution in [-0.2, 0) is 12.0 Å². The van der Waals surface area contributed by atoms with E-state index in [1.54, 1.807) is 6.07 Å². The van der Waals surface area contributed by atoms with E-state index in [9.17, 15) is 4.39 Å². The maximum absolute atomic E-state index is 14.1. The fraction of sp³-hybridized carbons (Fsp3) is 0.333. The molecule has 0 atom stereocenters. The molecule has 0 spiro atoms. The van der Waals surface area contributed by atoms with Crippen LogP contribution in [0.15, 0.2) is 42.5 Å². The highest BCUT2D eigenvalue weighted by atomic mass is 19.1. The van der Waals surface area contributed by atoms with Gasteiger partial charge in [0.25, 0.3) is 0 Å². The van der Waals surface area contributed by atoms with Crippen LogP contribution in [0.2, 0.25) is 0 Å². The van der Waals surface area contributed by atoms with E-state index in [0.29, 0.717) is 18.0 Å². The third-order valence-corrected chi connectivity index (χ3v) is 3.32. The fourth-order valence-electron chi connectivity index (χ4n) is 2.28. The van der Waals surface area contributed by atoms with Crippen LogP contribution in [0.1, 0.15) is 31.9 Å². The van der Waals surface area contributed by atoms with E-state index < -0.39 is 0 Å². The van der Waals surface area contributed by atoms with Crippen LogP contribution in [-0.4, -0.2) is 7.05 Å². The number of nitrogens with one attached hydrogen (secondary N) is 1. The van der Waals surface area contributed by atoms with Crippen LogP contribution in [0.3, 0.4) is 0 Å². The molecule has 0 radical (unpaired) electrons. The number of hydrogen-bond donors (Lipinski definition) is 1. The van der Waals surface area contributed by atoms with Crippen molar-refractivity contribution in [2.45, 2.75) is 32.7 Å². The zero-order valence-electron chi connectivity index (χ0n) is 13.0. The van der Waals surface area contributed by atoms with Crippen LogP contribution in [0.5, 0.6) is 11.5 Å². The molecule has 0 fully saturated rings. The number of ether oxygens (including phenoxy) is 1. The van der Waals surface area contributed by atoms with Gasteiger partial charge in [-0.2, -0.15) is 0 Å². The van der Waals surface area contributed by atoms with Crippen molar-refractivity contribution in [2.75, 3.05) is 7.05 Å². The van der Waals surface area contributed by atoms with Gasteiger partial charge in [0.2, 0.25) is 0 Å². The molecule has 0 unspecified atom stereocenters. The molecule has 112 valence electrons. The minimum atomic E-state index is -0.341. The van der Waals surface area contributed by atoms with Gasteiger partial charge >= 0.3 is 0 Å². The molecular weight excluding hydrogens is 265 g/mol. The van der Waals surface area contributed by atoms with Crippen molar-refractivity contribution in [3.05, 3.63) is 59.4 Å². The van der Waals surface area contributed by atoms with E-state index >= 15 is 0 Å². The van der Waals surface area contributed by atoms with Gasteiger partial charge in [0.15, 0.2) is 11.6 Å². The van der Waals surface area contributed by atoms with Crippen molar-refractivity contribution in [3.63, 3.8) is 0 Å². The summed E-state index contributed by atoms with van der Waals surface area (Å²) >= 11 is 0. The Hall–Kier alpha value is -1.87. The van der Waals surface area contributed by atoms with Crippen molar-refractivity contribution in [1.29, 1.82) is 0 Å². The summed E-state index contributed by atoms with van der Waals surface area (Å²) in [5.41, 5.74) is 1.80. The highest BCUT2D eigenvalue weighted by Gasteiger charge is 2.20. The number of rotatable bonds is 4.